The monoisotopic (exact) mass is 228 g/mol. The molecule has 0 aromatic carbocycles. The molecular weight excluding hydrogens is 204 g/mol. The van der Waals surface area contributed by atoms with E-state index in [0.29, 0.717) is 12.2 Å². The zero-order valence-electron chi connectivity index (χ0n) is 10.3. The van der Waals surface area contributed by atoms with Crippen LogP contribution in [0.4, 0.5) is 0 Å². The van der Waals surface area contributed by atoms with E-state index in [1.54, 1.807) is 0 Å². The van der Waals surface area contributed by atoms with Gasteiger partial charge in [0.25, 0.3) is 0 Å². The SMILES string of the molecule is CO[Si](C)(C)CCCC1CCC2OC2C1. The van der Waals surface area contributed by atoms with Crippen molar-refractivity contribution in [2.45, 2.75) is 63.5 Å². The van der Waals surface area contributed by atoms with E-state index in [-0.39, 0.29) is 0 Å². The standard InChI is InChI=1S/C12H24O2Si/c1-13-15(2,3)8-4-5-10-6-7-11-12(9-10)14-11/h10-12H,4-9H2,1-3H3. The molecule has 0 amide bonds. The maximum absolute atomic E-state index is 5.57. The first kappa shape index (κ1) is 11.6. The van der Waals surface area contributed by atoms with Gasteiger partial charge in [-0.25, -0.2) is 0 Å². The molecule has 2 nitrogen and oxygen atoms in total. The molecule has 3 atom stereocenters. The van der Waals surface area contributed by atoms with Crippen molar-refractivity contribution in [3.8, 4) is 0 Å². The van der Waals surface area contributed by atoms with Crippen LogP contribution in [0.5, 0.6) is 0 Å². The van der Waals surface area contributed by atoms with Gasteiger partial charge in [0.2, 0.25) is 0 Å². The summed E-state index contributed by atoms with van der Waals surface area (Å²) in [6.07, 6.45) is 8.11. The molecule has 1 heterocycles. The van der Waals surface area contributed by atoms with Crippen LogP contribution in [0.15, 0.2) is 0 Å². The normalized spacial score (nSPS) is 35.0. The number of epoxide rings is 1. The molecule has 88 valence electrons. The van der Waals surface area contributed by atoms with Crippen molar-refractivity contribution < 1.29 is 9.16 Å². The molecule has 0 N–H and O–H groups in total. The second-order valence-corrected chi connectivity index (χ2v) is 10.2. The summed E-state index contributed by atoms with van der Waals surface area (Å²) in [5, 5.41) is 0. The smallest absolute Gasteiger partial charge is 0.186 e. The lowest BCUT2D eigenvalue weighted by molar-refractivity contribution is 0.346. The first-order chi connectivity index (χ1) is 7.11. The largest absolute Gasteiger partial charge is 0.420 e. The van der Waals surface area contributed by atoms with E-state index in [9.17, 15) is 0 Å². The summed E-state index contributed by atoms with van der Waals surface area (Å²) in [6, 6.07) is 1.31. The summed E-state index contributed by atoms with van der Waals surface area (Å²) in [7, 11) is 0.571. The second-order valence-electron chi connectivity index (χ2n) is 5.75. The third-order valence-electron chi connectivity index (χ3n) is 4.06. The molecule has 1 aliphatic heterocycles. The zero-order chi connectivity index (χ0) is 10.9. The Bertz CT molecular complexity index is 218. The molecule has 0 aromatic heterocycles. The Morgan fingerprint density at radius 3 is 2.73 bits per heavy atom. The average Bonchev–Trinajstić information content (AvgIpc) is 2.96. The Morgan fingerprint density at radius 1 is 1.27 bits per heavy atom. The van der Waals surface area contributed by atoms with Gasteiger partial charge in [0.1, 0.15) is 0 Å². The van der Waals surface area contributed by atoms with E-state index in [2.05, 4.69) is 13.1 Å². The number of rotatable bonds is 5. The third kappa shape index (κ3) is 3.30. The van der Waals surface area contributed by atoms with Gasteiger partial charge in [0.15, 0.2) is 8.32 Å². The minimum absolute atomic E-state index is 0.649. The van der Waals surface area contributed by atoms with Gasteiger partial charge in [0.05, 0.1) is 12.2 Å². The molecule has 2 rings (SSSR count). The summed E-state index contributed by atoms with van der Waals surface area (Å²) in [6.45, 7) is 4.63. The Labute approximate surface area is 94.5 Å². The highest BCUT2D eigenvalue weighted by Gasteiger charge is 2.43. The van der Waals surface area contributed by atoms with Crippen LogP contribution in [0.1, 0.15) is 32.1 Å². The Hall–Kier alpha value is 0.137. The average molecular weight is 228 g/mol. The van der Waals surface area contributed by atoms with Crippen molar-refractivity contribution in [2.75, 3.05) is 7.11 Å². The van der Waals surface area contributed by atoms with Crippen molar-refractivity contribution >= 4 is 8.32 Å². The zero-order valence-corrected chi connectivity index (χ0v) is 11.3. The van der Waals surface area contributed by atoms with Crippen LogP contribution in [0.25, 0.3) is 0 Å². The quantitative estimate of drug-likeness (QED) is 0.532. The minimum Gasteiger partial charge on any atom is -0.420 e. The lowest BCUT2D eigenvalue weighted by atomic mass is 9.86. The van der Waals surface area contributed by atoms with Crippen LogP contribution in [0.3, 0.4) is 0 Å². The highest BCUT2D eigenvalue weighted by molar-refractivity contribution is 6.71. The molecule has 3 unspecified atom stereocenters. The Balaban J connectivity index is 1.61. The Kier molecular flexibility index (Phi) is 3.53. The number of ether oxygens (including phenoxy) is 1. The van der Waals surface area contributed by atoms with E-state index in [1.165, 1.54) is 38.1 Å². The Morgan fingerprint density at radius 2 is 2.07 bits per heavy atom. The minimum atomic E-state index is -1.30. The molecule has 3 heteroatoms. The van der Waals surface area contributed by atoms with Crippen molar-refractivity contribution in [1.82, 2.24) is 0 Å². The summed E-state index contributed by atoms with van der Waals surface area (Å²) in [5.41, 5.74) is 0. The van der Waals surface area contributed by atoms with Gasteiger partial charge in [-0.1, -0.05) is 12.8 Å². The van der Waals surface area contributed by atoms with E-state index < -0.39 is 8.32 Å². The van der Waals surface area contributed by atoms with E-state index >= 15 is 0 Å². The maximum atomic E-state index is 5.57. The lowest BCUT2D eigenvalue weighted by Crippen LogP contribution is -2.28. The molecule has 0 radical (unpaired) electrons. The van der Waals surface area contributed by atoms with Crippen LogP contribution < -0.4 is 0 Å². The van der Waals surface area contributed by atoms with Crippen LogP contribution in [-0.4, -0.2) is 27.6 Å². The van der Waals surface area contributed by atoms with Gasteiger partial charge >= 0.3 is 0 Å². The molecule has 15 heavy (non-hydrogen) atoms. The first-order valence-corrected chi connectivity index (χ1v) is 9.43. The molecule has 1 saturated carbocycles. The summed E-state index contributed by atoms with van der Waals surface area (Å²) >= 11 is 0. The van der Waals surface area contributed by atoms with Crippen LogP contribution >= 0.6 is 0 Å². The molecule has 1 aliphatic carbocycles. The van der Waals surface area contributed by atoms with Gasteiger partial charge in [-0.15, -0.1) is 0 Å². The first-order valence-electron chi connectivity index (χ1n) is 6.31. The van der Waals surface area contributed by atoms with Crippen molar-refractivity contribution in [3.63, 3.8) is 0 Å². The van der Waals surface area contributed by atoms with Crippen LogP contribution in [-0.2, 0) is 9.16 Å². The second kappa shape index (κ2) is 4.56. The molecule has 0 bridgehead atoms. The van der Waals surface area contributed by atoms with Gasteiger partial charge in [-0.05, 0) is 44.3 Å². The van der Waals surface area contributed by atoms with Crippen molar-refractivity contribution in [2.24, 2.45) is 5.92 Å². The predicted molar refractivity (Wildman–Crippen MR) is 64.5 cm³/mol. The molecular formula is C12H24O2Si. The highest BCUT2D eigenvalue weighted by Crippen LogP contribution is 2.41. The van der Waals surface area contributed by atoms with E-state index in [0.717, 1.165) is 5.92 Å². The van der Waals surface area contributed by atoms with Gasteiger partial charge in [-0.2, -0.15) is 0 Å². The third-order valence-corrected chi connectivity index (χ3v) is 6.72. The predicted octanol–water partition coefficient (Wildman–Crippen LogP) is 3.19. The molecule has 0 spiro atoms. The fourth-order valence-electron chi connectivity index (χ4n) is 2.67. The van der Waals surface area contributed by atoms with Gasteiger partial charge in [0, 0.05) is 7.11 Å². The highest BCUT2D eigenvalue weighted by atomic mass is 28.4. The molecule has 2 fully saturated rings. The fourth-order valence-corrected chi connectivity index (χ4v) is 3.93. The van der Waals surface area contributed by atoms with Crippen LogP contribution in [0, 0.1) is 5.92 Å². The summed E-state index contributed by atoms with van der Waals surface area (Å²) in [4.78, 5) is 0. The topological polar surface area (TPSA) is 21.8 Å². The summed E-state index contributed by atoms with van der Waals surface area (Å²) < 4.78 is 11.1. The lowest BCUT2D eigenvalue weighted by Gasteiger charge is -2.23. The van der Waals surface area contributed by atoms with Crippen molar-refractivity contribution in [1.29, 1.82) is 0 Å². The van der Waals surface area contributed by atoms with Gasteiger partial charge in [-0.3, -0.25) is 0 Å². The van der Waals surface area contributed by atoms with E-state index in [4.69, 9.17) is 9.16 Å². The fraction of sp³-hybridized carbons (Fsp3) is 1.00. The molecule has 2 aliphatic rings. The maximum Gasteiger partial charge on any atom is 0.186 e. The van der Waals surface area contributed by atoms with E-state index in [1.807, 2.05) is 7.11 Å². The molecule has 1 saturated heterocycles. The van der Waals surface area contributed by atoms with Gasteiger partial charge < -0.3 is 9.16 Å². The number of hydrogen-bond donors (Lipinski definition) is 0. The van der Waals surface area contributed by atoms with Crippen LogP contribution in [0.2, 0.25) is 19.1 Å². The number of hydrogen-bond acceptors (Lipinski definition) is 2. The summed E-state index contributed by atoms with van der Waals surface area (Å²) in [5.74, 6) is 0.940. The molecule has 0 aromatic rings. The van der Waals surface area contributed by atoms with Crippen molar-refractivity contribution in [3.05, 3.63) is 0 Å². The number of fused-ring (bicyclic) bond motifs is 1.